The molecule has 7 nitrogen and oxygen atoms in total. The molecule has 0 saturated heterocycles. The number of rotatable bonds is 7. The van der Waals surface area contributed by atoms with E-state index in [0.717, 1.165) is 0 Å². The average Bonchev–Trinajstić information content (AvgIpc) is 2.38. The van der Waals surface area contributed by atoms with Crippen molar-refractivity contribution in [1.29, 1.82) is 0 Å². The van der Waals surface area contributed by atoms with Gasteiger partial charge in [-0.15, -0.1) is 0 Å². The Morgan fingerprint density at radius 2 is 1.90 bits per heavy atom. The fourth-order valence-electron chi connectivity index (χ4n) is 1.17. The van der Waals surface area contributed by atoms with Crippen LogP contribution in [-0.2, 0) is 20.2 Å². The summed E-state index contributed by atoms with van der Waals surface area (Å²) >= 11 is 0. The summed E-state index contributed by atoms with van der Waals surface area (Å²) in [5, 5.41) is 18.4. The standard InChI is InChI=1S/C12H20NO6P/c1-4-13(2,3)9-19-20(16,17)18-8-10-5-6-11(14)12(15)7-10/h5-7H,4,8-9H2,1-3H3,(H2-,14,15,16,17). The summed E-state index contributed by atoms with van der Waals surface area (Å²) in [6.07, 6.45) is 0. The molecule has 1 aromatic carbocycles. The van der Waals surface area contributed by atoms with Crippen molar-refractivity contribution in [2.75, 3.05) is 27.4 Å². The van der Waals surface area contributed by atoms with Crippen molar-refractivity contribution in [1.82, 2.24) is 0 Å². The molecular formula is C12H20NO6P. The zero-order chi connectivity index (χ0) is 15.4. The van der Waals surface area contributed by atoms with Crippen LogP contribution >= 0.6 is 7.82 Å². The first kappa shape index (κ1) is 16.9. The number of aromatic hydroxyl groups is 2. The monoisotopic (exact) mass is 305 g/mol. The zero-order valence-electron chi connectivity index (χ0n) is 11.8. The fourth-order valence-corrected chi connectivity index (χ4v) is 2.00. The summed E-state index contributed by atoms with van der Waals surface area (Å²) in [6, 6.07) is 3.92. The molecular weight excluding hydrogens is 285 g/mol. The van der Waals surface area contributed by atoms with Crippen molar-refractivity contribution in [3.8, 4) is 11.5 Å². The van der Waals surface area contributed by atoms with E-state index >= 15 is 0 Å². The number of hydrogen-bond donors (Lipinski definition) is 2. The Kier molecular flexibility index (Phi) is 5.56. The van der Waals surface area contributed by atoms with E-state index in [2.05, 4.69) is 0 Å². The molecule has 0 fully saturated rings. The van der Waals surface area contributed by atoms with Gasteiger partial charge in [0.15, 0.2) is 18.2 Å². The van der Waals surface area contributed by atoms with E-state index in [1.54, 1.807) is 0 Å². The van der Waals surface area contributed by atoms with Gasteiger partial charge in [0.05, 0.1) is 27.2 Å². The fraction of sp³-hybridized carbons (Fsp3) is 0.500. The molecule has 0 aromatic heterocycles. The Morgan fingerprint density at radius 3 is 2.45 bits per heavy atom. The molecule has 114 valence electrons. The minimum atomic E-state index is -4.40. The minimum Gasteiger partial charge on any atom is -0.756 e. The van der Waals surface area contributed by atoms with Crippen LogP contribution in [0.15, 0.2) is 18.2 Å². The summed E-state index contributed by atoms with van der Waals surface area (Å²) in [7, 11) is -0.742. The van der Waals surface area contributed by atoms with E-state index in [9.17, 15) is 14.6 Å². The highest BCUT2D eigenvalue weighted by Crippen LogP contribution is 2.40. The molecule has 0 amide bonds. The van der Waals surface area contributed by atoms with E-state index in [4.69, 9.17) is 14.2 Å². The molecule has 0 aliphatic carbocycles. The first-order valence-corrected chi connectivity index (χ1v) is 7.54. The van der Waals surface area contributed by atoms with Crippen molar-refractivity contribution in [3.63, 3.8) is 0 Å². The summed E-state index contributed by atoms with van der Waals surface area (Å²) in [4.78, 5) is 11.6. The van der Waals surface area contributed by atoms with Crippen LogP contribution in [0, 0.1) is 0 Å². The molecule has 8 heteroatoms. The van der Waals surface area contributed by atoms with Gasteiger partial charge in [-0.1, -0.05) is 6.07 Å². The van der Waals surface area contributed by atoms with E-state index in [0.29, 0.717) is 16.6 Å². The number of phosphoric acid groups is 1. The first-order valence-electron chi connectivity index (χ1n) is 6.08. The Morgan fingerprint density at radius 1 is 1.25 bits per heavy atom. The van der Waals surface area contributed by atoms with Crippen molar-refractivity contribution >= 4 is 7.82 Å². The number of quaternary nitrogens is 1. The summed E-state index contributed by atoms with van der Waals surface area (Å²) < 4.78 is 21.5. The van der Waals surface area contributed by atoms with Gasteiger partial charge in [-0.3, -0.25) is 9.09 Å². The molecule has 1 rings (SSSR count). The number of nitrogens with zero attached hydrogens (tertiary/aromatic N) is 1. The second-order valence-corrected chi connectivity index (χ2v) is 6.46. The average molecular weight is 305 g/mol. The summed E-state index contributed by atoms with van der Waals surface area (Å²) in [5.74, 6) is -0.617. The van der Waals surface area contributed by atoms with Crippen LogP contribution in [0.25, 0.3) is 0 Å². The van der Waals surface area contributed by atoms with Gasteiger partial charge in [0, 0.05) is 0 Å². The van der Waals surface area contributed by atoms with Gasteiger partial charge in [-0.05, 0) is 24.6 Å². The second kappa shape index (κ2) is 6.56. The van der Waals surface area contributed by atoms with Gasteiger partial charge in [0.2, 0.25) is 0 Å². The third kappa shape index (κ3) is 5.48. The molecule has 0 saturated carbocycles. The summed E-state index contributed by atoms with van der Waals surface area (Å²) in [6.45, 7) is 2.34. The number of hydrogen-bond acceptors (Lipinski definition) is 6. The van der Waals surface area contributed by atoms with Crippen LogP contribution in [-0.4, -0.2) is 42.1 Å². The highest BCUT2D eigenvalue weighted by Gasteiger charge is 2.18. The molecule has 0 aliphatic heterocycles. The predicted molar refractivity (Wildman–Crippen MR) is 70.8 cm³/mol. The highest BCUT2D eigenvalue weighted by molar-refractivity contribution is 7.45. The lowest BCUT2D eigenvalue weighted by atomic mass is 10.2. The smallest absolute Gasteiger partial charge is 0.272 e. The van der Waals surface area contributed by atoms with Crippen LogP contribution in [0.2, 0.25) is 0 Å². The molecule has 0 bridgehead atoms. The highest BCUT2D eigenvalue weighted by atomic mass is 31.2. The molecule has 0 spiro atoms. The van der Waals surface area contributed by atoms with Crippen LogP contribution in [0.5, 0.6) is 11.5 Å². The van der Waals surface area contributed by atoms with Crippen molar-refractivity contribution in [2.45, 2.75) is 13.5 Å². The van der Waals surface area contributed by atoms with Gasteiger partial charge < -0.3 is 24.1 Å². The molecule has 0 heterocycles. The molecule has 1 atom stereocenters. The molecule has 2 N–H and O–H groups in total. The van der Waals surface area contributed by atoms with E-state index in [1.807, 2.05) is 21.0 Å². The molecule has 0 aliphatic rings. The number of phosphoric ester groups is 1. The van der Waals surface area contributed by atoms with Crippen molar-refractivity contribution in [3.05, 3.63) is 23.8 Å². The van der Waals surface area contributed by atoms with Crippen LogP contribution < -0.4 is 4.89 Å². The normalized spacial score (nSPS) is 15.0. The molecule has 20 heavy (non-hydrogen) atoms. The van der Waals surface area contributed by atoms with Crippen LogP contribution in [0.1, 0.15) is 12.5 Å². The SMILES string of the molecule is CC[N+](C)(C)COP(=O)([O-])OCc1ccc(O)c(O)c1. The van der Waals surface area contributed by atoms with E-state index in [1.165, 1.54) is 18.2 Å². The van der Waals surface area contributed by atoms with Crippen molar-refractivity contribution in [2.24, 2.45) is 0 Å². The zero-order valence-corrected chi connectivity index (χ0v) is 12.7. The molecule has 0 radical (unpaired) electrons. The van der Waals surface area contributed by atoms with Gasteiger partial charge in [0.1, 0.15) is 0 Å². The largest absolute Gasteiger partial charge is 0.756 e. The third-order valence-corrected chi connectivity index (χ3v) is 3.73. The van der Waals surface area contributed by atoms with Crippen molar-refractivity contribution < 1.29 is 33.2 Å². The lowest BCUT2D eigenvalue weighted by Gasteiger charge is -2.31. The quantitative estimate of drug-likeness (QED) is 0.339. The Hall–Kier alpha value is -1.11. The van der Waals surface area contributed by atoms with Gasteiger partial charge >= 0.3 is 0 Å². The van der Waals surface area contributed by atoms with E-state index < -0.39 is 7.82 Å². The lowest BCUT2D eigenvalue weighted by Crippen LogP contribution is -2.41. The molecule has 1 aromatic rings. The first-order chi connectivity index (χ1) is 9.15. The van der Waals surface area contributed by atoms with E-state index in [-0.39, 0.29) is 24.8 Å². The van der Waals surface area contributed by atoms with Gasteiger partial charge in [-0.25, -0.2) is 0 Å². The second-order valence-electron chi connectivity index (χ2n) is 5.05. The van der Waals surface area contributed by atoms with Gasteiger partial charge in [0.25, 0.3) is 7.82 Å². The topological polar surface area (TPSA) is 99.1 Å². The molecule has 1 unspecified atom stereocenters. The Bertz CT molecular complexity index is 505. The maximum atomic E-state index is 11.6. The maximum Gasteiger partial charge on any atom is 0.272 e. The summed E-state index contributed by atoms with van der Waals surface area (Å²) in [5.41, 5.74) is 0.407. The Labute approximate surface area is 118 Å². The van der Waals surface area contributed by atoms with Gasteiger partial charge in [-0.2, -0.15) is 0 Å². The number of phenols is 2. The minimum absolute atomic E-state index is 0.0158. The number of benzene rings is 1. The number of phenolic OH excluding ortho intramolecular Hbond substituents is 2. The maximum absolute atomic E-state index is 11.6. The Balaban J connectivity index is 2.54. The lowest BCUT2D eigenvalue weighted by molar-refractivity contribution is -0.904. The van der Waals surface area contributed by atoms with Crippen LogP contribution in [0.3, 0.4) is 0 Å². The third-order valence-electron chi connectivity index (χ3n) is 2.85. The predicted octanol–water partition coefficient (Wildman–Crippen LogP) is 1.15. The van der Waals surface area contributed by atoms with Crippen LogP contribution in [0.4, 0.5) is 0 Å².